The minimum absolute atomic E-state index is 0.0509. The predicted octanol–water partition coefficient (Wildman–Crippen LogP) is 4.73. The van der Waals surface area contributed by atoms with Crippen molar-refractivity contribution in [1.29, 1.82) is 0 Å². The second-order valence-electron chi connectivity index (χ2n) is 13.0. The third-order valence-electron chi connectivity index (χ3n) is 8.98. The van der Waals surface area contributed by atoms with Crippen molar-refractivity contribution >= 4 is 34.4 Å². The van der Waals surface area contributed by atoms with Crippen LogP contribution in [0.15, 0.2) is 54.7 Å². The third-order valence-corrected chi connectivity index (χ3v) is 8.98. The molecule has 15 heteroatoms. The summed E-state index contributed by atoms with van der Waals surface area (Å²) in [5, 5.41) is 19.5. The van der Waals surface area contributed by atoms with E-state index in [1.54, 1.807) is 19.2 Å². The van der Waals surface area contributed by atoms with E-state index in [9.17, 15) is 37.1 Å². The van der Waals surface area contributed by atoms with Crippen molar-refractivity contribution < 1.29 is 41.8 Å². The number of amides is 4. The van der Waals surface area contributed by atoms with Gasteiger partial charge < -0.3 is 31.5 Å². The highest BCUT2D eigenvalue weighted by atomic mass is 19.4. The fraction of sp³-hybridized carbons (Fsp3) is 0.324. The average molecular weight is 681 g/mol. The Morgan fingerprint density at radius 1 is 1.06 bits per heavy atom. The minimum atomic E-state index is -5.40. The van der Waals surface area contributed by atoms with Crippen LogP contribution in [0.3, 0.4) is 0 Å². The second kappa shape index (κ2) is 11.7. The van der Waals surface area contributed by atoms with Crippen molar-refractivity contribution in [3.8, 4) is 17.0 Å². The first kappa shape index (κ1) is 33.6. The fourth-order valence-electron chi connectivity index (χ4n) is 5.58. The van der Waals surface area contributed by atoms with Crippen LogP contribution < -0.4 is 26.4 Å². The number of fused-ring (bicyclic) bond motifs is 2. The van der Waals surface area contributed by atoms with Crippen LogP contribution in [0.4, 0.5) is 28.0 Å². The molecule has 1 unspecified atom stereocenters. The highest BCUT2D eigenvalue weighted by molar-refractivity contribution is 6.06. The van der Waals surface area contributed by atoms with Gasteiger partial charge in [0.15, 0.2) is 0 Å². The largest absolute Gasteiger partial charge is 0.489 e. The Kier molecular flexibility index (Phi) is 8.01. The number of hydrogen-bond acceptors (Lipinski definition) is 7. The molecule has 6 N–H and O–H groups in total. The molecule has 1 aliphatic carbocycles. The number of primary amides is 1. The first-order chi connectivity index (χ1) is 22.9. The van der Waals surface area contributed by atoms with Gasteiger partial charge in [-0.05, 0) is 87.7 Å². The van der Waals surface area contributed by atoms with Gasteiger partial charge in [0.25, 0.3) is 5.91 Å². The Morgan fingerprint density at radius 2 is 1.76 bits per heavy atom. The van der Waals surface area contributed by atoms with Gasteiger partial charge in [-0.3, -0.25) is 14.6 Å². The van der Waals surface area contributed by atoms with E-state index in [2.05, 4.69) is 25.9 Å². The van der Waals surface area contributed by atoms with Crippen LogP contribution in [0.5, 0.6) is 5.75 Å². The van der Waals surface area contributed by atoms with Gasteiger partial charge in [0.05, 0.1) is 23.4 Å². The fourth-order valence-corrected chi connectivity index (χ4v) is 5.58. The first-order valence-corrected chi connectivity index (χ1v) is 15.2. The molecular formula is C34H32F4N6O5. The topological polar surface area (TPSA) is 169 Å². The Balaban J connectivity index is 1.38. The number of halogens is 4. The van der Waals surface area contributed by atoms with Crippen LogP contribution in [0, 0.1) is 12.7 Å². The molecule has 3 heterocycles. The summed E-state index contributed by atoms with van der Waals surface area (Å²) in [6, 6.07) is 9.35. The van der Waals surface area contributed by atoms with Gasteiger partial charge in [-0.2, -0.15) is 13.2 Å². The zero-order valence-corrected chi connectivity index (χ0v) is 26.6. The molecule has 0 spiro atoms. The first-order valence-electron chi connectivity index (χ1n) is 15.2. The molecule has 2 aromatic heterocycles. The summed E-state index contributed by atoms with van der Waals surface area (Å²) < 4.78 is 64.0. The van der Waals surface area contributed by atoms with Crippen LogP contribution in [-0.2, 0) is 15.8 Å². The monoisotopic (exact) mass is 680 g/mol. The number of aryl methyl sites for hydroxylation is 1. The average Bonchev–Trinajstić information content (AvgIpc) is 3.65. The van der Waals surface area contributed by atoms with Gasteiger partial charge in [-0.25, -0.2) is 14.2 Å². The third kappa shape index (κ3) is 6.21. The van der Waals surface area contributed by atoms with E-state index < -0.39 is 53.1 Å². The van der Waals surface area contributed by atoms with Crippen LogP contribution in [0.25, 0.3) is 22.2 Å². The SMILES string of the molecule is Cc1cnc2c(NC(=O)NC3(C)CC3)cc(C(=O)NCC(O)(c3cc4c(c(-c5ccc(F)cc5)n3)OC[C@]4(C)C(N)=O)C(F)(F)F)cc2c1. The van der Waals surface area contributed by atoms with Gasteiger partial charge in [0.2, 0.25) is 11.5 Å². The van der Waals surface area contributed by atoms with Gasteiger partial charge in [0.1, 0.15) is 29.3 Å². The second-order valence-corrected chi connectivity index (χ2v) is 13.0. The number of benzene rings is 2. The predicted molar refractivity (Wildman–Crippen MR) is 170 cm³/mol. The number of carbonyl (C=O) groups is 3. The van der Waals surface area contributed by atoms with Crippen molar-refractivity contribution in [3.63, 3.8) is 0 Å². The number of aliphatic hydroxyl groups is 1. The highest BCUT2D eigenvalue weighted by Gasteiger charge is 2.57. The number of hydrogen-bond donors (Lipinski definition) is 5. The number of rotatable bonds is 8. The maximum atomic E-state index is 14.9. The highest BCUT2D eigenvalue weighted by Crippen LogP contribution is 2.47. The van der Waals surface area contributed by atoms with Crippen molar-refractivity contribution in [2.45, 2.75) is 56.3 Å². The molecule has 1 aliphatic heterocycles. The van der Waals surface area contributed by atoms with Crippen LogP contribution in [0.1, 0.15) is 53.9 Å². The lowest BCUT2D eigenvalue weighted by molar-refractivity contribution is -0.265. The number of urea groups is 1. The summed E-state index contributed by atoms with van der Waals surface area (Å²) in [6.07, 6.45) is -2.25. The van der Waals surface area contributed by atoms with E-state index in [0.29, 0.717) is 10.9 Å². The normalized spacial score (nSPS) is 18.9. The zero-order chi connectivity index (χ0) is 35.5. The number of pyridine rings is 2. The Morgan fingerprint density at radius 3 is 2.39 bits per heavy atom. The molecule has 11 nitrogen and oxygen atoms in total. The summed E-state index contributed by atoms with van der Waals surface area (Å²) in [7, 11) is 0. The quantitative estimate of drug-likeness (QED) is 0.168. The van der Waals surface area contributed by atoms with Gasteiger partial charge in [-0.15, -0.1) is 0 Å². The zero-order valence-electron chi connectivity index (χ0n) is 26.6. The van der Waals surface area contributed by atoms with Crippen LogP contribution in [-0.4, -0.2) is 57.8 Å². The molecule has 4 aromatic rings. The molecular weight excluding hydrogens is 648 g/mol. The summed E-state index contributed by atoms with van der Waals surface area (Å²) in [5.41, 5.74) is -0.103. The van der Waals surface area contributed by atoms with E-state index in [1.165, 1.54) is 31.2 Å². The molecule has 256 valence electrons. The lowest BCUT2D eigenvalue weighted by Crippen LogP contribution is -2.51. The minimum Gasteiger partial charge on any atom is -0.489 e. The standard InChI is InChI=1S/C34H32F4N6O5/c1-17-10-19-11-20(12-23(25(19)40-14-17)42-30(47)44-31(2)8-9-31)28(45)41-15-33(48,34(36,37)38)24-13-22-27(49-16-32(22,3)29(39)46)26(43-24)18-4-6-21(35)7-5-18/h4-7,10-14,48H,8-9,15-16H2,1-3H3,(H2,39,46)(H,41,45)(H2,42,44,47)/t32-,33?/m0/s1. The van der Waals surface area contributed by atoms with Crippen molar-refractivity contribution in [2.75, 3.05) is 18.5 Å². The Labute approximate surface area is 277 Å². The van der Waals surface area contributed by atoms with E-state index in [-0.39, 0.29) is 46.0 Å². The van der Waals surface area contributed by atoms with Crippen molar-refractivity contribution in [2.24, 2.45) is 5.73 Å². The molecule has 2 atom stereocenters. The molecule has 2 aromatic carbocycles. The smallest absolute Gasteiger partial charge is 0.424 e. The summed E-state index contributed by atoms with van der Waals surface area (Å²) in [4.78, 5) is 47.2. The number of ether oxygens (including phenoxy) is 1. The molecule has 1 fully saturated rings. The molecule has 49 heavy (non-hydrogen) atoms. The lowest BCUT2D eigenvalue weighted by atomic mass is 9.81. The molecule has 0 radical (unpaired) electrons. The molecule has 2 aliphatic rings. The van der Waals surface area contributed by atoms with E-state index >= 15 is 0 Å². The number of nitrogens with one attached hydrogen (secondary N) is 3. The molecule has 1 saturated carbocycles. The number of aromatic nitrogens is 2. The van der Waals surface area contributed by atoms with Gasteiger partial charge >= 0.3 is 12.2 Å². The number of nitrogens with zero attached hydrogens (tertiary/aromatic N) is 2. The van der Waals surface area contributed by atoms with Gasteiger partial charge in [-0.1, -0.05) is 0 Å². The van der Waals surface area contributed by atoms with E-state index in [1.807, 2.05) is 6.92 Å². The molecule has 4 amide bonds. The Hall–Kier alpha value is -5.31. The van der Waals surface area contributed by atoms with Crippen LogP contribution in [0.2, 0.25) is 0 Å². The van der Waals surface area contributed by atoms with Crippen molar-refractivity contribution in [3.05, 3.63) is 82.9 Å². The van der Waals surface area contributed by atoms with Crippen LogP contribution >= 0.6 is 0 Å². The maximum absolute atomic E-state index is 14.9. The summed E-state index contributed by atoms with van der Waals surface area (Å²) >= 11 is 0. The van der Waals surface area contributed by atoms with E-state index in [0.717, 1.165) is 36.6 Å². The number of alkyl halides is 3. The van der Waals surface area contributed by atoms with Gasteiger partial charge in [0, 0.05) is 33.8 Å². The summed E-state index contributed by atoms with van der Waals surface area (Å²) in [6.45, 7) is 3.29. The number of nitrogens with two attached hydrogens (primary N) is 1. The maximum Gasteiger partial charge on any atom is 0.424 e. The molecule has 6 rings (SSSR count). The Bertz CT molecular complexity index is 2020. The van der Waals surface area contributed by atoms with E-state index in [4.69, 9.17) is 10.5 Å². The van der Waals surface area contributed by atoms with Crippen molar-refractivity contribution in [1.82, 2.24) is 20.6 Å². The number of carbonyl (C=O) groups excluding carboxylic acids is 3. The number of anilines is 1. The molecule has 0 bridgehead atoms. The lowest BCUT2D eigenvalue weighted by Gasteiger charge is -2.31. The molecule has 0 saturated heterocycles. The summed E-state index contributed by atoms with van der Waals surface area (Å²) in [5.74, 6) is -2.58.